The molecule has 31 heavy (non-hydrogen) atoms. The number of piperidine rings is 1. The number of nitrogens with zero attached hydrogens (tertiary/aromatic N) is 2. The predicted octanol–water partition coefficient (Wildman–Crippen LogP) is 3.02. The first kappa shape index (κ1) is 25.7. The van der Waals surface area contributed by atoms with Crippen molar-refractivity contribution in [3.63, 3.8) is 0 Å². The van der Waals surface area contributed by atoms with Crippen LogP contribution in [0.3, 0.4) is 0 Å². The molecule has 174 valence electrons. The van der Waals surface area contributed by atoms with Gasteiger partial charge < -0.3 is 21.1 Å². The van der Waals surface area contributed by atoms with Crippen molar-refractivity contribution >= 4 is 35.8 Å². The Balaban J connectivity index is 0.00000341. The predicted molar refractivity (Wildman–Crippen MR) is 136 cm³/mol. The van der Waals surface area contributed by atoms with Crippen LogP contribution in [-0.2, 0) is 11.3 Å². The van der Waals surface area contributed by atoms with Gasteiger partial charge in [0.15, 0.2) is 12.6 Å². The van der Waals surface area contributed by atoms with Crippen molar-refractivity contribution in [3.8, 4) is 5.75 Å². The van der Waals surface area contributed by atoms with Gasteiger partial charge in [-0.2, -0.15) is 0 Å². The summed E-state index contributed by atoms with van der Waals surface area (Å²) in [5.41, 5.74) is 6.47. The minimum absolute atomic E-state index is 0. The first-order chi connectivity index (χ1) is 14.6. The highest BCUT2D eigenvalue weighted by atomic mass is 127. The summed E-state index contributed by atoms with van der Waals surface area (Å²) in [6.45, 7) is 3.91. The van der Waals surface area contributed by atoms with Crippen LogP contribution in [0.4, 0.5) is 0 Å². The molecule has 1 aromatic rings. The molecule has 3 rings (SSSR count). The van der Waals surface area contributed by atoms with Crippen molar-refractivity contribution in [1.29, 1.82) is 0 Å². The van der Waals surface area contributed by atoms with Crippen molar-refractivity contribution in [3.05, 3.63) is 29.8 Å². The number of benzene rings is 1. The van der Waals surface area contributed by atoms with Crippen molar-refractivity contribution in [2.24, 2.45) is 10.7 Å². The monoisotopic (exact) mass is 543 g/mol. The van der Waals surface area contributed by atoms with E-state index in [2.05, 4.69) is 20.5 Å². The molecule has 0 bridgehead atoms. The maximum atomic E-state index is 10.9. The number of hydrogen-bond acceptors (Lipinski definition) is 4. The number of amides is 1. The topological polar surface area (TPSA) is 92.0 Å². The van der Waals surface area contributed by atoms with Crippen LogP contribution in [-0.4, -0.2) is 55.6 Å². The Morgan fingerprint density at radius 2 is 1.84 bits per heavy atom. The van der Waals surface area contributed by atoms with Gasteiger partial charge in [0.2, 0.25) is 0 Å². The van der Waals surface area contributed by atoms with Crippen LogP contribution in [0, 0.1) is 0 Å². The highest BCUT2D eigenvalue weighted by Gasteiger charge is 2.38. The summed E-state index contributed by atoms with van der Waals surface area (Å²) in [5.74, 6) is 0.983. The molecule has 7 nitrogen and oxygen atoms in total. The normalized spacial score (nSPS) is 19.2. The molecule has 8 heteroatoms. The molecule has 2 fully saturated rings. The largest absolute Gasteiger partial charge is 0.484 e. The number of halogens is 1. The lowest BCUT2D eigenvalue weighted by molar-refractivity contribution is -0.119. The molecule has 0 atom stereocenters. The highest BCUT2D eigenvalue weighted by Crippen LogP contribution is 2.35. The average molecular weight is 543 g/mol. The minimum Gasteiger partial charge on any atom is -0.484 e. The molecule has 1 aromatic carbocycles. The Kier molecular flexibility index (Phi) is 10.9. The number of hydrogen-bond donors (Lipinski definition) is 3. The van der Waals surface area contributed by atoms with Crippen LogP contribution in [0.15, 0.2) is 29.3 Å². The molecule has 1 amide bonds. The Labute approximate surface area is 203 Å². The van der Waals surface area contributed by atoms with E-state index in [9.17, 15) is 4.79 Å². The maximum absolute atomic E-state index is 10.9. The van der Waals surface area contributed by atoms with Crippen molar-refractivity contribution in [2.75, 3.05) is 33.3 Å². The third-order valence-electron chi connectivity index (χ3n) is 6.36. The Morgan fingerprint density at radius 3 is 2.52 bits per heavy atom. The van der Waals surface area contributed by atoms with Gasteiger partial charge in [0.05, 0.1) is 0 Å². The van der Waals surface area contributed by atoms with Crippen LogP contribution < -0.4 is 21.1 Å². The Morgan fingerprint density at radius 1 is 1.13 bits per heavy atom. The van der Waals surface area contributed by atoms with Gasteiger partial charge in [-0.15, -0.1) is 24.0 Å². The summed E-state index contributed by atoms with van der Waals surface area (Å²) in [6.07, 6.45) is 10.6. The van der Waals surface area contributed by atoms with Gasteiger partial charge in [-0.25, -0.2) is 0 Å². The standard InChI is InChI=1S/C23H37N5O2.HI/c1-25-22(26-16-19-9-8-10-20(15-19)30-17-21(24)29)27-18-23(11-4-2-5-12-23)28-13-6-3-7-14-28;/h8-10,15H,2-7,11-14,16-18H2,1H3,(H2,24,29)(H2,25,26,27);1H. The molecule has 0 radical (unpaired) electrons. The molecule has 0 unspecified atom stereocenters. The molecular formula is C23H38IN5O2. The van der Waals surface area contributed by atoms with Gasteiger partial charge in [-0.3, -0.25) is 14.7 Å². The van der Waals surface area contributed by atoms with Crippen LogP contribution in [0.2, 0.25) is 0 Å². The number of carbonyl (C=O) groups excluding carboxylic acids is 1. The number of ether oxygens (including phenoxy) is 1. The van der Waals surface area contributed by atoms with Crippen LogP contribution in [0.1, 0.15) is 56.9 Å². The number of aliphatic imine (C=N–C) groups is 1. The molecule has 2 aliphatic rings. The molecule has 4 N–H and O–H groups in total. The van der Waals surface area contributed by atoms with E-state index in [1.807, 2.05) is 31.3 Å². The second-order valence-electron chi connectivity index (χ2n) is 8.51. The van der Waals surface area contributed by atoms with Crippen LogP contribution in [0.5, 0.6) is 5.75 Å². The summed E-state index contributed by atoms with van der Waals surface area (Å²) in [6, 6.07) is 7.68. The maximum Gasteiger partial charge on any atom is 0.255 e. The van der Waals surface area contributed by atoms with Gasteiger partial charge in [-0.05, 0) is 56.5 Å². The van der Waals surface area contributed by atoms with Gasteiger partial charge in [-0.1, -0.05) is 37.8 Å². The number of nitrogens with one attached hydrogen (secondary N) is 2. The molecule has 1 saturated carbocycles. The molecule has 1 aliphatic carbocycles. The zero-order valence-electron chi connectivity index (χ0n) is 18.7. The van der Waals surface area contributed by atoms with Crippen LogP contribution in [0.25, 0.3) is 0 Å². The summed E-state index contributed by atoms with van der Waals surface area (Å²) >= 11 is 0. The molecular weight excluding hydrogens is 505 g/mol. The second-order valence-corrected chi connectivity index (χ2v) is 8.51. The summed E-state index contributed by atoms with van der Waals surface area (Å²) in [5, 5.41) is 7.02. The summed E-state index contributed by atoms with van der Waals surface area (Å²) in [4.78, 5) is 18.1. The van der Waals surface area contributed by atoms with Gasteiger partial charge >= 0.3 is 0 Å². The Bertz CT molecular complexity index is 716. The Hall–Kier alpha value is -1.55. The van der Waals surface area contributed by atoms with Crippen molar-refractivity contribution < 1.29 is 9.53 Å². The number of primary amides is 1. The van der Waals surface area contributed by atoms with E-state index >= 15 is 0 Å². The number of carbonyl (C=O) groups is 1. The molecule has 1 saturated heterocycles. The third-order valence-corrected chi connectivity index (χ3v) is 6.36. The molecule has 1 heterocycles. The lowest BCUT2D eigenvalue weighted by Crippen LogP contribution is -2.59. The zero-order valence-corrected chi connectivity index (χ0v) is 21.0. The van der Waals surface area contributed by atoms with E-state index < -0.39 is 5.91 Å². The highest BCUT2D eigenvalue weighted by molar-refractivity contribution is 14.0. The molecule has 0 spiro atoms. The quantitative estimate of drug-likeness (QED) is 0.267. The lowest BCUT2D eigenvalue weighted by atomic mass is 9.79. The fourth-order valence-electron chi connectivity index (χ4n) is 4.74. The number of rotatable bonds is 8. The fourth-order valence-corrected chi connectivity index (χ4v) is 4.74. The number of nitrogens with two attached hydrogens (primary N) is 1. The minimum atomic E-state index is -0.478. The first-order valence-electron chi connectivity index (χ1n) is 11.3. The average Bonchev–Trinajstić information content (AvgIpc) is 2.79. The van der Waals surface area contributed by atoms with E-state index in [0.29, 0.717) is 12.3 Å². The van der Waals surface area contributed by atoms with Crippen molar-refractivity contribution in [2.45, 2.75) is 63.5 Å². The molecule has 1 aliphatic heterocycles. The zero-order chi connectivity index (χ0) is 21.2. The second kappa shape index (κ2) is 13.1. The van der Waals surface area contributed by atoms with Gasteiger partial charge in [0, 0.05) is 25.7 Å². The van der Waals surface area contributed by atoms with Gasteiger partial charge in [0.1, 0.15) is 5.75 Å². The third kappa shape index (κ3) is 7.82. The number of likely N-dealkylation sites (tertiary alicyclic amines) is 1. The smallest absolute Gasteiger partial charge is 0.255 e. The van der Waals surface area contributed by atoms with Gasteiger partial charge in [0.25, 0.3) is 5.91 Å². The van der Waals surface area contributed by atoms with E-state index in [-0.39, 0.29) is 36.1 Å². The molecule has 0 aromatic heterocycles. The fraction of sp³-hybridized carbons (Fsp3) is 0.652. The van der Waals surface area contributed by atoms with E-state index in [4.69, 9.17) is 10.5 Å². The lowest BCUT2D eigenvalue weighted by Gasteiger charge is -2.48. The SMILES string of the molecule is CN=C(NCc1cccc(OCC(N)=O)c1)NCC1(N2CCCCC2)CCCCC1.I. The van der Waals surface area contributed by atoms with Crippen LogP contribution >= 0.6 is 24.0 Å². The van der Waals surface area contributed by atoms with E-state index in [1.165, 1.54) is 64.5 Å². The number of guanidine groups is 1. The van der Waals surface area contributed by atoms with E-state index in [1.54, 1.807) is 0 Å². The van der Waals surface area contributed by atoms with E-state index in [0.717, 1.165) is 18.1 Å². The van der Waals surface area contributed by atoms with Crippen molar-refractivity contribution in [1.82, 2.24) is 15.5 Å². The summed E-state index contributed by atoms with van der Waals surface area (Å²) in [7, 11) is 1.82. The summed E-state index contributed by atoms with van der Waals surface area (Å²) < 4.78 is 5.39. The first-order valence-corrected chi connectivity index (χ1v) is 11.3.